The molecule has 0 saturated heterocycles. The third-order valence-electron chi connectivity index (χ3n) is 2.80. The van der Waals surface area contributed by atoms with Crippen molar-refractivity contribution in [3.63, 3.8) is 0 Å². The molecule has 3 nitrogen and oxygen atoms in total. The van der Waals surface area contributed by atoms with Gasteiger partial charge < -0.3 is 14.8 Å². The maximum Gasteiger partial charge on any atom is 0.161 e. The molecule has 1 N–H and O–H groups in total. The molecule has 0 aliphatic carbocycles. The fourth-order valence-corrected chi connectivity index (χ4v) is 2.37. The van der Waals surface area contributed by atoms with Crippen LogP contribution in [0.25, 0.3) is 0 Å². The molecule has 2 aromatic rings. The first-order valence-electron chi connectivity index (χ1n) is 5.94. The molecular weight excluding hydrogens is 353 g/mol. The van der Waals surface area contributed by atoms with Crippen molar-refractivity contribution in [1.29, 1.82) is 0 Å². The van der Waals surface area contributed by atoms with Crippen molar-refractivity contribution in [1.82, 2.24) is 0 Å². The molecule has 4 heteroatoms. The Kier molecular flexibility index (Phi) is 4.90. The summed E-state index contributed by atoms with van der Waals surface area (Å²) in [6.45, 7) is 0.750. The van der Waals surface area contributed by atoms with Crippen LogP contribution in [-0.4, -0.2) is 14.2 Å². The summed E-state index contributed by atoms with van der Waals surface area (Å²) in [5.74, 6) is 1.50. The largest absolute Gasteiger partial charge is 0.493 e. The third-order valence-corrected chi connectivity index (χ3v) is 3.75. The third kappa shape index (κ3) is 3.53. The van der Waals surface area contributed by atoms with Gasteiger partial charge in [-0.15, -0.1) is 0 Å². The highest BCUT2D eigenvalue weighted by Crippen LogP contribution is 2.28. The van der Waals surface area contributed by atoms with Gasteiger partial charge in [-0.1, -0.05) is 18.2 Å². The summed E-state index contributed by atoms with van der Waals surface area (Å²) < 4.78 is 11.7. The Hall–Kier alpha value is -1.43. The molecule has 19 heavy (non-hydrogen) atoms. The van der Waals surface area contributed by atoms with Gasteiger partial charge in [-0.3, -0.25) is 0 Å². The highest BCUT2D eigenvalue weighted by Gasteiger charge is 2.05. The van der Waals surface area contributed by atoms with E-state index in [0.717, 1.165) is 29.3 Å². The molecule has 2 aromatic carbocycles. The number of nitrogens with one attached hydrogen (secondary N) is 1. The maximum absolute atomic E-state index is 5.30. The fourth-order valence-electron chi connectivity index (χ4n) is 1.79. The zero-order valence-corrected chi connectivity index (χ0v) is 13.1. The number of para-hydroxylation sites is 1. The molecule has 100 valence electrons. The van der Waals surface area contributed by atoms with Gasteiger partial charge in [-0.25, -0.2) is 0 Å². The second-order valence-electron chi connectivity index (χ2n) is 4.02. The van der Waals surface area contributed by atoms with Crippen LogP contribution < -0.4 is 14.8 Å². The van der Waals surface area contributed by atoms with Crippen LogP contribution in [0.1, 0.15) is 5.56 Å². The summed E-state index contributed by atoms with van der Waals surface area (Å²) >= 11 is 2.32. The van der Waals surface area contributed by atoms with Crippen molar-refractivity contribution in [2.45, 2.75) is 6.54 Å². The molecule has 0 amide bonds. The Morgan fingerprint density at radius 1 is 1.00 bits per heavy atom. The van der Waals surface area contributed by atoms with E-state index in [1.54, 1.807) is 14.2 Å². The molecule has 0 radical (unpaired) electrons. The molecule has 0 spiro atoms. The summed E-state index contributed by atoms with van der Waals surface area (Å²) in [5.41, 5.74) is 2.29. The molecule has 2 rings (SSSR count). The Balaban J connectivity index is 2.10. The summed E-state index contributed by atoms with van der Waals surface area (Å²) in [5, 5.41) is 3.41. The van der Waals surface area contributed by atoms with Crippen LogP contribution in [0.2, 0.25) is 0 Å². The van der Waals surface area contributed by atoms with Gasteiger partial charge in [0.1, 0.15) is 0 Å². The van der Waals surface area contributed by atoms with E-state index in [1.807, 2.05) is 30.3 Å². The molecule has 0 aliphatic rings. The van der Waals surface area contributed by atoms with Gasteiger partial charge in [0.05, 0.1) is 14.2 Å². The molecule has 0 saturated carbocycles. The number of halogens is 1. The van der Waals surface area contributed by atoms with Gasteiger partial charge in [-0.05, 0) is 52.4 Å². The predicted molar refractivity (Wildman–Crippen MR) is 86.0 cm³/mol. The lowest BCUT2D eigenvalue weighted by Crippen LogP contribution is -2.01. The van der Waals surface area contributed by atoms with Gasteiger partial charge in [0.2, 0.25) is 0 Å². The van der Waals surface area contributed by atoms with Crippen LogP contribution in [0.3, 0.4) is 0 Å². The van der Waals surface area contributed by atoms with E-state index in [4.69, 9.17) is 9.47 Å². The number of ether oxygens (including phenoxy) is 2. The van der Waals surface area contributed by atoms with Gasteiger partial charge in [0, 0.05) is 15.8 Å². The molecule has 0 aromatic heterocycles. The zero-order chi connectivity index (χ0) is 13.7. The fraction of sp³-hybridized carbons (Fsp3) is 0.200. The molecule has 0 aliphatic heterocycles. The van der Waals surface area contributed by atoms with E-state index < -0.39 is 0 Å². The smallest absolute Gasteiger partial charge is 0.161 e. The van der Waals surface area contributed by atoms with Crippen LogP contribution in [0.4, 0.5) is 5.69 Å². The lowest BCUT2D eigenvalue weighted by molar-refractivity contribution is 0.354. The molecular formula is C15H16INO2. The lowest BCUT2D eigenvalue weighted by atomic mass is 10.2. The molecule has 0 bridgehead atoms. The standard InChI is InChI=1S/C15H16INO2/c1-18-14-8-7-11(9-15(14)19-2)10-17-13-6-4-3-5-12(13)16/h3-9,17H,10H2,1-2H3. The molecule has 0 heterocycles. The van der Waals surface area contributed by atoms with Gasteiger partial charge in [0.25, 0.3) is 0 Å². The second kappa shape index (κ2) is 6.65. The predicted octanol–water partition coefficient (Wildman–Crippen LogP) is 3.92. The van der Waals surface area contributed by atoms with E-state index in [1.165, 1.54) is 3.57 Å². The summed E-state index contributed by atoms with van der Waals surface area (Å²) in [6.07, 6.45) is 0. The maximum atomic E-state index is 5.30. The minimum Gasteiger partial charge on any atom is -0.493 e. The van der Waals surface area contributed by atoms with Crippen molar-refractivity contribution >= 4 is 28.3 Å². The summed E-state index contributed by atoms with van der Waals surface area (Å²) in [7, 11) is 3.29. The van der Waals surface area contributed by atoms with E-state index >= 15 is 0 Å². The van der Waals surface area contributed by atoms with Crippen LogP contribution in [0.15, 0.2) is 42.5 Å². The van der Waals surface area contributed by atoms with Crippen LogP contribution in [0.5, 0.6) is 11.5 Å². The van der Waals surface area contributed by atoms with Gasteiger partial charge in [-0.2, -0.15) is 0 Å². The van der Waals surface area contributed by atoms with Gasteiger partial charge in [0.15, 0.2) is 11.5 Å². The minimum absolute atomic E-state index is 0.750. The topological polar surface area (TPSA) is 30.5 Å². The number of hydrogen-bond donors (Lipinski definition) is 1. The Labute approximate surface area is 127 Å². The average Bonchev–Trinajstić information content (AvgIpc) is 2.46. The van der Waals surface area contributed by atoms with E-state index in [9.17, 15) is 0 Å². The monoisotopic (exact) mass is 369 g/mol. The Morgan fingerprint density at radius 2 is 1.74 bits per heavy atom. The van der Waals surface area contributed by atoms with Crippen LogP contribution >= 0.6 is 22.6 Å². The first-order chi connectivity index (χ1) is 9.24. The number of hydrogen-bond acceptors (Lipinski definition) is 3. The molecule has 0 atom stereocenters. The highest BCUT2D eigenvalue weighted by molar-refractivity contribution is 14.1. The van der Waals surface area contributed by atoms with Crippen LogP contribution in [-0.2, 0) is 6.54 Å². The van der Waals surface area contributed by atoms with Crippen molar-refractivity contribution in [2.24, 2.45) is 0 Å². The van der Waals surface area contributed by atoms with Crippen LogP contribution in [0, 0.1) is 3.57 Å². The lowest BCUT2D eigenvalue weighted by Gasteiger charge is -2.11. The zero-order valence-electron chi connectivity index (χ0n) is 10.9. The Bertz CT molecular complexity index is 558. The Morgan fingerprint density at radius 3 is 2.42 bits per heavy atom. The normalized spacial score (nSPS) is 10.1. The second-order valence-corrected chi connectivity index (χ2v) is 5.18. The van der Waals surface area contributed by atoms with Gasteiger partial charge >= 0.3 is 0 Å². The van der Waals surface area contributed by atoms with Crippen molar-refractivity contribution in [3.8, 4) is 11.5 Å². The molecule has 0 fully saturated rings. The number of methoxy groups -OCH3 is 2. The highest BCUT2D eigenvalue weighted by atomic mass is 127. The number of rotatable bonds is 5. The summed E-state index contributed by atoms with van der Waals surface area (Å²) in [4.78, 5) is 0. The van der Waals surface area contributed by atoms with E-state index in [2.05, 4.69) is 40.0 Å². The SMILES string of the molecule is COc1ccc(CNc2ccccc2I)cc1OC. The van der Waals surface area contributed by atoms with Crippen molar-refractivity contribution in [2.75, 3.05) is 19.5 Å². The van der Waals surface area contributed by atoms with Crippen molar-refractivity contribution in [3.05, 3.63) is 51.6 Å². The summed E-state index contributed by atoms with van der Waals surface area (Å²) in [6, 6.07) is 14.2. The quantitative estimate of drug-likeness (QED) is 0.811. The number of anilines is 1. The van der Waals surface area contributed by atoms with Crippen molar-refractivity contribution < 1.29 is 9.47 Å². The number of benzene rings is 2. The van der Waals surface area contributed by atoms with E-state index in [-0.39, 0.29) is 0 Å². The minimum atomic E-state index is 0.750. The molecule has 0 unspecified atom stereocenters. The first kappa shape index (κ1) is 14.0. The average molecular weight is 369 g/mol. The first-order valence-corrected chi connectivity index (χ1v) is 7.01. The van der Waals surface area contributed by atoms with E-state index in [0.29, 0.717) is 0 Å².